The summed E-state index contributed by atoms with van der Waals surface area (Å²) in [6, 6.07) is 13.8. The van der Waals surface area contributed by atoms with Crippen molar-refractivity contribution in [2.75, 3.05) is 11.1 Å². The summed E-state index contributed by atoms with van der Waals surface area (Å²) in [4.78, 5) is 16.6. The summed E-state index contributed by atoms with van der Waals surface area (Å²) in [6.07, 6.45) is 3.43. The van der Waals surface area contributed by atoms with Crippen molar-refractivity contribution in [2.24, 2.45) is 0 Å². The van der Waals surface area contributed by atoms with Crippen LogP contribution in [0.3, 0.4) is 0 Å². The smallest absolute Gasteiger partial charge is 0.255 e. The molecule has 4 rings (SSSR count). The molecule has 4 N–H and O–H groups in total. The number of H-pyrrole nitrogens is 1. The molecule has 1 aliphatic rings. The number of aromatic nitrogens is 3. The van der Waals surface area contributed by atoms with Gasteiger partial charge in [0.1, 0.15) is 0 Å². The van der Waals surface area contributed by atoms with Gasteiger partial charge in [0.15, 0.2) is 0 Å². The first-order valence-corrected chi connectivity index (χ1v) is 9.49. The van der Waals surface area contributed by atoms with Crippen molar-refractivity contribution in [2.45, 2.75) is 30.2 Å². The first kappa shape index (κ1) is 16.7. The zero-order chi connectivity index (χ0) is 17.9. The van der Waals surface area contributed by atoms with Gasteiger partial charge in [0, 0.05) is 17.0 Å². The fraction of sp³-hybridized carbons (Fsp3) is 0.211. The molecule has 1 aromatic heterocycles. The lowest BCUT2D eigenvalue weighted by Gasteiger charge is -2.08. The van der Waals surface area contributed by atoms with Crippen molar-refractivity contribution in [3.05, 3.63) is 64.7 Å². The number of nitrogens with one attached hydrogen (secondary N) is 2. The topological polar surface area (TPSA) is 96.7 Å². The Morgan fingerprint density at radius 3 is 2.92 bits per heavy atom. The summed E-state index contributed by atoms with van der Waals surface area (Å²) in [6.45, 7) is 0. The minimum atomic E-state index is -0.100. The maximum Gasteiger partial charge on any atom is 0.255 e. The number of carbonyl (C=O) groups is 1. The normalized spacial score (nSPS) is 12.8. The van der Waals surface area contributed by atoms with Crippen molar-refractivity contribution in [3.63, 3.8) is 0 Å². The second-order valence-corrected chi connectivity index (χ2v) is 7.23. The zero-order valence-corrected chi connectivity index (χ0v) is 15.0. The summed E-state index contributed by atoms with van der Waals surface area (Å²) in [7, 11) is 0. The number of nitrogen functional groups attached to an aromatic ring is 1. The highest BCUT2D eigenvalue weighted by molar-refractivity contribution is 7.98. The zero-order valence-electron chi connectivity index (χ0n) is 14.2. The minimum Gasteiger partial charge on any atom is -0.368 e. The summed E-state index contributed by atoms with van der Waals surface area (Å²) >= 11 is 1.47. The standard InChI is InChI=1S/C19H19N5OS/c20-18-22-19(24-23-18)26-11-12-3-1-6-15(9-12)17(25)21-16-8-7-13-4-2-5-14(13)10-16/h1,3,6-10H,2,4-5,11H2,(H,21,25)(H3,20,22,23,24). The van der Waals surface area contributed by atoms with E-state index in [0.29, 0.717) is 22.4 Å². The van der Waals surface area contributed by atoms with Gasteiger partial charge >= 0.3 is 0 Å². The van der Waals surface area contributed by atoms with E-state index in [1.54, 1.807) is 0 Å². The first-order valence-electron chi connectivity index (χ1n) is 8.50. The van der Waals surface area contributed by atoms with E-state index < -0.39 is 0 Å². The Hall–Kier alpha value is -2.80. The molecule has 7 heteroatoms. The third-order valence-electron chi connectivity index (χ3n) is 4.40. The average Bonchev–Trinajstić information content (AvgIpc) is 3.28. The molecule has 1 heterocycles. The number of benzene rings is 2. The molecule has 0 radical (unpaired) electrons. The molecule has 0 aliphatic heterocycles. The Labute approximate surface area is 155 Å². The van der Waals surface area contributed by atoms with Crippen LogP contribution in [0.25, 0.3) is 0 Å². The summed E-state index contributed by atoms with van der Waals surface area (Å²) < 4.78 is 0. The van der Waals surface area contributed by atoms with Crippen LogP contribution in [-0.2, 0) is 18.6 Å². The monoisotopic (exact) mass is 365 g/mol. The average molecular weight is 365 g/mol. The van der Waals surface area contributed by atoms with Crippen LogP contribution >= 0.6 is 11.8 Å². The lowest BCUT2D eigenvalue weighted by molar-refractivity contribution is 0.102. The van der Waals surface area contributed by atoms with E-state index in [2.05, 4.69) is 32.6 Å². The number of thioether (sulfide) groups is 1. The second kappa shape index (κ2) is 7.21. The van der Waals surface area contributed by atoms with Gasteiger partial charge in [0.2, 0.25) is 11.1 Å². The van der Waals surface area contributed by atoms with Gasteiger partial charge in [-0.05, 0) is 60.2 Å². The molecule has 0 saturated heterocycles. The molecular weight excluding hydrogens is 346 g/mol. The van der Waals surface area contributed by atoms with Crippen LogP contribution in [-0.4, -0.2) is 21.1 Å². The molecule has 0 spiro atoms. The highest BCUT2D eigenvalue weighted by Crippen LogP contribution is 2.25. The molecule has 0 fully saturated rings. The Balaban J connectivity index is 1.43. The van der Waals surface area contributed by atoms with Gasteiger partial charge in [0.05, 0.1) is 0 Å². The van der Waals surface area contributed by atoms with Crippen molar-refractivity contribution < 1.29 is 4.79 Å². The Morgan fingerprint density at radius 1 is 1.19 bits per heavy atom. The van der Waals surface area contributed by atoms with E-state index in [9.17, 15) is 4.79 Å². The molecule has 0 bridgehead atoms. The number of hydrogen-bond acceptors (Lipinski definition) is 5. The summed E-state index contributed by atoms with van der Waals surface area (Å²) in [5, 5.41) is 10.2. The predicted molar refractivity (Wildman–Crippen MR) is 103 cm³/mol. The van der Waals surface area contributed by atoms with Gasteiger partial charge in [-0.1, -0.05) is 30.0 Å². The molecule has 0 atom stereocenters. The van der Waals surface area contributed by atoms with E-state index in [4.69, 9.17) is 5.73 Å². The molecule has 132 valence electrons. The quantitative estimate of drug-likeness (QED) is 0.602. The lowest BCUT2D eigenvalue weighted by atomic mass is 10.1. The van der Waals surface area contributed by atoms with Gasteiger partial charge in [-0.3, -0.25) is 4.79 Å². The van der Waals surface area contributed by atoms with Crippen LogP contribution in [0.15, 0.2) is 47.6 Å². The van der Waals surface area contributed by atoms with Crippen LogP contribution in [0, 0.1) is 0 Å². The van der Waals surface area contributed by atoms with Gasteiger partial charge < -0.3 is 11.1 Å². The van der Waals surface area contributed by atoms with E-state index in [-0.39, 0.29) is 5.91 Å². The van der Waals surface area contributed by atoms with Crippen LogP contribution in [0.1, 0.15) is 33.5 Å². The molecule has 2 aromatic carbocycles. The fourth-order valence-electron chi connectivity index (χ4n) is 3.13. The number of anilines is 2. The SMILES string of the molecule is Nc1nc(SCc2cccc(C(=O)Nc3ccc4c(c3)CCC4)c2)n[nH]1. The van der Waals surface area contributed by atoms with Gasteiger partial charge in [-0.2, -0.15) is 4.98 Å². The maximum absolute atomic E-state index is 12.6. The molecule has 3 aromatic rings. The highest BCUT2D eigenvalue weighted by atomic mass is 32.2. The number of carbonyl (C=O) groups excluding carboxylic acids is 1. The summed E-state index contributed by atoms with van der Waals surface area (Å²) in [5.74, 6) is 0.865. The lowest BCUT2D eigenvalue weighted by Crippen LogP contribution is -2.12. The van der Waals surface area contributed by atoms with Crippen molar-refractivity contribution in [3.8, 4) is 0 Å². The molecule has 6 nitrogen and oxygen atoms in total. The number of nitrogens with zero attached hydrogens (tertiary/aromatic N) is 2. The Morgan fingerprint density at radius 2 is 2.08 bits per heavy atom. The van der Waals surface area contributed by atoms with E-state index in [0.717, 1.165) is 24.1 Å². The van der Waals surface area contributed by atoms with Crippen LogP contribution < -0.4 is 11.1 Å². The van der Waals surface area contributed by atoms with Crippen LogP contribution in [0.5, 0.6) is 0 Å². The third-order valence-corrected chi connectivity index (χ3v) is 5.31. The summed E-state index contributed by atoms with van der Waals surface area (Å²) in [5.41, 5.74) is 10.8. The first-order chi connectivity index (χ1) is 12.7. The third kappa shape index (κ3) is 3.72. The van der Waals surface area contributed by atoms with Gasteiger partial charge in [-0.25, -0.2) is 5.10 Å². The Bertz CT molecular complexity index is 953. The molecule has 1 amide bonds. The fourth-order valence-corrected chi connectivity index (χ4v) is 3.87. The number of fused-ring (bicyclic) bond motifs is 1. The van der Waals surface area contributed by atoms with Crippen molar-refractivity contribution in [1.29, 1.82) is 0 Å². The number of rotatable bonds is 5. The molecule has 26 heavy (non-hydrogen) atoms. The van der Waals surface area contributed by atoms with Crippen LogP contribution in [0.4, 0.5) is 11.6 Å². The Kier molecular flexibility index (Phi) is 4.62. The molecule has 0 saturated carbocycles. The second-order valence-electron chi connectivity index (χ2n) is 6.28. The van der Waals surface area contributed by atoms with Gasteiger partial charge in [0.25, 0.3) is 5.91 Å². The molecular formula is C19H19N5OS. The number of amides is 1. The highest BCUT2D eigenvalue weighted by Gasteiger charge is 2.13. The molecule has 1 aliphatic carbocycles. The van der Waals surface area contributed by atoms with Gasteiger partial charge in [-0.15, -0.1) is 5.10 Å². The number of aromatic amines is 1. The van der Waals surface area contributed by atoms with Crippen LogP contribution in [0.2, 0.25) is 0 Å². The van der Waals surface area contributed by atoms with E-state index in [1.807, 2.05) is 30.3 Å². The van der Waals surface area contributed by atoms with Crippen molar-refractivity contribution in [1.82, 2.24) is 15.2 Å². The van der Waals surface area contributed by atoms with E-state index >= 15 is 0 Å². The largest absolute Gasteiger partial charge is 0.368 e. The number of aryl methyl sites for hydroxylation is 2. The minimum absolute atomic E-state index is 0.100. The number of hydrogen-bond donors (Lipinski definition) is 3. The maximum atomic E-state index is 12.6. The predicted octanol–water partition coefficient (Wildman–Crippen LogP) is 3.42. The molecule has 0 unspecified atom stereocenters. The van der Waals surface area contributed by atoms with E-state index in [1.165, 1.54) is 29.3 Å². The van der Waals surface area contributed by atoms with Crippen molar-refractivity contribution >= 4 is 29.3 Å². The number of nitrogens with two attached hydrogens (primary N) is 1.